The number of oxazole rings is 1. The lowest BCUT2D eigenvalue weighted by Crippen LogP contribution is -2.41. The molecule has 26 heavy (non-hydrogen) atoms. The molecule has 7 heteroatoms. The van der Waals surface area contributed by atoms with E-state index >= 15 is 0 Å². The maximum absolute atomic E-state index is 12.6. The number of nitrogens with zero attached hydrogens (tertiary/aromatic N) is 2. The van der Waals surface area contributed by atoms with Crippen molar-refractivity contribution in [2.75, 3.05) is 18.1 Å². The van der Waals surface area contributed by atoms with Gasteiger partial charge in [-0.25, -0.2) is 13.4 Å². The molecule has 1 aliphatic heterocycles. The molecule has 1 saturated heterocycles. The van der Waals surface area contributed by atoms with Crippen LogP contribution in [0.15, 0.2) is 34.7 Å². The van der Waals surface area contributed by atoms with Crippen molar-refractivity contribution in [3.63, 3.8) is 0 Å². The van der Waals surface area contributed by atoms with Crippen LogP contribution in [0.25, 0.3) is 11.5 Å². The molecule has 1 unspecified atom stereocenters. The first-order chi connectivity index (χ1) is 12.4. The Balaban J connectivity index is 1.65. The third kappa shape index (κ3) is 4.15. The quantitative estimate of drug-likeness (QED) is 0.774. The van der Waals surface area contributed by atoms with Crippen molar-refractivity contribution >= 4 is 15.7 Å². The van der Waals surface area contributed by atoms with Gasteiger partial charge in [-0.15, -0.1) is 0 Å². The highest BCUT2D eigenvalue weighted by Gasteiger charge is 2.33. The van der Waals surface area contributed by atoms with Crippen molar-refractivity contribution in [3.8, 4) is 11.5 Å². The summed E-state index contributed by atoms with van der Waals surface area (Å²) in [6, 6.07) is 9.44. The lowest BCUT2D eigenvalue weighted by molar-refractivity contribution is -0.132. The number of benzene rings is 1. The van der Waals surface area contributed by atoms with E-state index in [-0.39, 0.29) is 23.5 Å². The molecule has 0 aliphatic carbocycles. The lowest BCUT2D eigenvalue weighted by Gasteiger charge is -2.26. The van der Waals surface area contributed by atoms with Crippen LogP contribution in [-0.2, 0) is 21.1 Å². The minimum absolute atomic E-state index is 0.0294. The van der Waals surface area contributed by atoms with Crippen LogP contribution < -0.4 is 0 Å². The van der Waals surface area contributed by atoms with Gasteiger partial charge < -0.3 is 9.32 Å². The summed E-state index contributed by atoms with van der Waals surface area (Å²) in [7, 11) is -3.01. The number of hydrogen-bond acceptors (Lipinski definition) is 5. The van der Waals surface area contributed by atoms with Crippen molar-refractivity contribution in [2.45, 2.75) is 39.2 Å². The fourth-order valence-corrected chi connectivity index (χ4v) is 5.12. The average Bonchev–Trinajstić information content (AvgIpc) is 3.17. The van der Waals surface area contributed by atoms with Gasteiger partial charge in [-0.2, -0.15) is 0 Å². The van der Waals surface area contributed by atoms with Crippen LogP contribution in [0.2, 0.25) is 0 Å². The van der Waals surface area contributed by atoms with E-state index in [2.05, 4.69) is 4.98 Å². The van der Waals surface area contributed by atoms with Crippen molar-refractivity contribution in [1.82, 2.24) is 9.88 Å². The smallest absolute Gasteiger partial charge is 0.226 e. The molecule has 1 aromatic carbocycles. The van der Waals surface area contributed by atoms with Gasteiger partial charge in [0, 0.05) is 31.0 Å². The first-order valence-electron chi connectivity index (χ1n) is 8.91. The first-order valence-corrected chi connectivity index (χ1v) is 10.7. The highest BCUT2D eigenvalue weighted by atomic mass is 32.2. The topological polar surface area (TPSA) is 80.5 Å². The number of rotatable bonds is 6. The molecule has 1 aliphatic rings. The summed E-state index contributed by atoms with van der Waals surface area (Å²) in [5.74, 6) is 1.49. The number of sulfone groups is 1. The number of aryl methyl sites for hydroxylation is 2. The van der Waals surface area contributed by atoms with Gasteiger partial charge in [-0.1, -0.05) is 18.2 Å². The predicted octanol–water partition coefficient (Wildman–Crippen LogP) is 2.62. The molecule has 140 valence electrons. The van der Waals surface area contributed by atoms with Crippen LogP contribution in [0.5, 0.6) is 0 Å². The fourth-order valence-electron chi connectivity index (χ4n) is 3.39. The summed E-state index contributed by atoms with van der Waals surface area (Å²) >= 11 is 0. The maximum atomic E-state index is 12.6. The molecule has 0 N–H and O–H groups in total. The molecule has 1 aromatic heterocycles. The van der Waals surface area contributed by atoms with Gasteiger partial charge in [0.05, 0.1) is 17.2 Å². The van der Waals surface area contributed by atoms with Crippen molar-refractivity contribution < 1.29 is 17.6 Å². The molecule has 6 nitrogen and oxygen atoms in total. The summed E-state index contributed by atoms with van der Waals surface area (Å²) in [4.78, 5) is 18.8. The average molecular weight is 376 g/mol. The number of hydrogen-bond donors (Lipinski definition) is 0. The second-order valence-corrected chi connectivity index (χ2v) is 8.85. The third-order valence-electron chi connectivity index (χ3n) is 4.80. The Morgan fingerprint density at radius 2 is 2.04 bits per heavy atom. The van der Waals surface area contributed by atoms with Gasteiger partial charge in [0.2, 0.25) is 11.8 Å². The van der Waals surface area contributed by atoms with Crippen LogP contribution in [0.4, 0.5) is 0 Å². The number of aromatic nitrogens is 1. The predicted molar refractivity (Wildman–Crippen MR) is 99.4 cm³/mol. The minimum Gasteiger partial charge on any atom is -0.441 e. The van der Waals surface area contributed by atoms with Gasteiger partial charge in [-0.05, 0) is 32.4 Å². The molecule has 1 amide bonds. The molecule has 2 aromatic rings. The van der Waals surface area contributed by atoms with Crippen LogP contribution in [-0.4, -0.2) is 48.3 Å². The van der Waals surface area contributed by atoms with E-state index in [0.717, 1.165) is 11.3 Å². The summed E-state index contributed by atoms with van der Waals surface area (Å²) in [6.07, 6.45) is 1.31. The van der Waals surface area contributed by atoms with Crippen molar-refractivity contribution in [1.29, 1.82) is 0 Å². The summed E-state index contributed by atoms with van der Waals surface area (Å²) in [6.45, 7) is 4.25. The lowest BCUT2D eigenvalue weighted by atomic mass is 10.1. The SMILES string of the molecule is CCN(C(=O)CCc1nc(-c2ccccc2)oc1C)C1CCS(=O)(=O)C1. The molecule has 1 atom stereocenters. The number of amides is 1. The molecule has 3 rings (SSSR count). The van der Waals surface area contributed by atoms with E-state index in [1.54, 1.807) is 4.90 Å². The van der Waals surface area contributed by atoms with Crippen LogP contribution in [0, 0.1) is 6.92 Å². The Bertz CT molecular complexity index is 874. The standard InChI is InChI=1S/C19H24N2O4S/c1-3-21(16-11-12-26(23,24)13-16)18(22)10-9-17-14(2)25-19(20-17)15-7-5-4-6-8-15/h4-8,16H,3,9-13H2,1-2H3. The molecular weight excluding hydrogens is 352 g/mol. The Hall–Kier alpha value is -2.15. The van der Waals surface area contributed by atoms with Crippen LogP contribution in [0.3, 0.4) is 0 Å². The summed E-state index contributed by atoms with van der Waals surface area (Å²) in [5, 5.41) is 0. The first kappa shape index (κ1) is 18.6. The highest BCUT2D eigenvalue weighted by molar-refractivity contribution is 7.91. The largest absolute Gasteiger partial charge is 0.441 e. The summed E-state index contributed by atoms with van der Waals surface area (Å²) < 4.78 is 29.1. The molecule has 0 radical (unpaired) electrons. The van der Waals surface area contributed by atoms with E-state index < -0.39 is 9.84 Å². The second-order valence-electron chi connectivity index (χ2n) is 6.62. The fraction of sp³-hybridized carbons (Fsp3) is 0.474. The molecule has 0 saturated carbocycles. The van der Waals surface area contributed by atoms with E-state index in [9.17, 15) is 13.2 Å². The van der Waals surface area contributed by atoms with Crippen LogP contribution in [0.1, 0.15) is 31.2 Å². The molecule has 1 fully saturated rings. The molecular formula is C19H24N2O4S. The normalized spacial score (nSPS) is 18.8. The second kappa shape index (κ2) is 7.61. The minimum atomic E-state index is -3.01. The van der Waals surface area contributed by atoms with Crippen molar-refractivity contribution in [2.24, 2.45) is 0 Å². The molecule has 0 spiro atoms. The Morgan fingerprint density at radius 1 is 1.31 bits per heavy atom. The van der Waals surface area contributed by atoms with Gasteiger partial charge in [0.25, 0.3) is 0 Å². The number of carbonyl (C=O) groups excluding carboxylic acids is 1. The van der Waals surface area contributed by atoms with Crippen LogP contribution >= 0.6 is 0 Å². The Kier molecular flexibility index (Phi) is 5.46. The zero-order chi connectivity index (χ0) is 18.7. The zero-order valence-corrected chi connectivity index (χ0v) is 16.0. The van der Waals surface area contributed by atoms with E-state index in [1.807, 2.05) is 44.2 Å². The van der Waals surface area contributed by atoms with Gasteiger partial charge in [0.1, 0.15) is 5.76 Å². The van der Waals surface area contributed by atoms with E-state index in [4.69, 9.17) is 4.42 Å². The van der Waals surface area contributed by atoms with E-state index in [1.165, 1.54) is 0 Å². The molecule has 0 bridgehead atoms. The highest BCUT2D eigenvalue weighted by Crippen LogP contribution is 2.23. The van der Waals surface area contributed by atoms with Gasteiger partial charge >= 0.3 is 0 Å². The van der Waals surface area contributed by atoms with Gasteiger partial charge in [-0.3, -0.25) is 4.79 Å². The maximum Gasteiger partial charge on any atom is 0.226 e. The van der Waals surface area contributed by atoms with Crippen molar-refractivity contribution in [3.05, 3.63) is 41.8 Å². The Morgan fingerprint density at radius 3 is 2.65 bits per heavy atom. The Labute approximate surface area is 154 Å². The number of carbonyl (C=O) groups is 1. The summed E-state index contributed by atoms with van der Waals surface area (Å²) in [5.41, 5.74) is 1.67. The zero-order valence-electron chi connectivity index (χ0n) is 15.1. The van der Waals surface area contributed by atoms with E-state index in [0.29, 0.717) is 37.5 Å². The monoisotopic (exact) mass is 376 g/mol. The molecule has 2 heterocycles. The van der Waals surface area contributed by atoms with Gasteiger partial charge in [0.15, 0.2) is 9.84 Å². The third-order valence-corrected chi connectivity index (χ3v) is 6.55.